The van der Waals surface area contributed by atoms with Gasteiger partial charge in [0.25, 0.3) is 5.91 Å². The Morgan fingerprint density at radius 1 is 1.37 bits per heavy atom. The van der Waals surface area contributed by atoms with Crippen molar-refractivity contribution in [2.24, 2.45) is 0 Å². The highest BCUT2D eigenvalue weighted by Gasteiger charge is 2.46. The standard InChI is InChI=1S/C18H20BrF3N4O/c1-2-3-8-23-17(27)14-10-16-24-13(11-4-6-12(19)7-5-11)9-15(18(20,21)22)26(16)25-14/h4-7,10,13,15,24H,2-3,8-9H2,1H3,(H,23,27)/t13-,15+/m1/s1. The number of nitrogens with one attached hydrogen (secondary N) is 2. The molecule has 0 fully saturated rings. The molecule has 9 heteroatoms. The number of unbranched alkanes of at least 4 members (excludes halogenated alkanes) is 1. The van der Waals surface area contributed by atoms with Gasteiger partial charge in [0.2, 0.25) is 0 Å². The first-order valence-electron chi connectivity index (χ1n) is 8.76. The molecule has 0 unspecified atom stereocenters. The van der Waals surface area contributed by atoms with Crippen LogP contribution in [0.1, 0.15) is 54.3 Å². The van der Waals surface area contributed by atoms with Gasteiger partial charge in [0.15, 0.2) is 11.7 Å². The van der Waals surface area contributed by atoms with Crippen LogP contribution in [0.15, 0.2) is 34.8 Å². The number of carbonyl (C=O) groups is 1. The lowest BCUT2D eigenvalue weighted by molar-refractivity contribution is -0.173. The van der Waals surface area contributed by atoms with Gasteiger partial charge in [-0.25, -0.2) is 4.68 Å². The lowest BCUT2D eigenvalue weighted by Gasteiger charge is -2.33. The van der Waals surface area contributed by atoms with Crippen LogP contribution in [-0.4, -0.2) is 28.4 Å². The molecule has 1 aliphatic heterocycles. The van der Waals surface area contributed by atoms with E-state index in [0.29, 0.717) is 6.54 Å². The van der Waals surface area contributed by atoms with Gasteiger partial charge in [-0.2, -0.15) is 18.3 Å². The first-order valence-corrected chi connectivity index (χ1v) is 9.55. The summed E-state index contributed by atoms with van der Waals surface area (Å²) in [6, 6.07) is 6.20. The maximum atomic E-state index is 13.6. The lowest BCUT2D eigenvalue weighted by atomic mass is 9.97. The number of alkyl halides is 3. The second kappa shape index (κ2) is 7.92. The largest absolute Gasteiger partial charge is 0.410 e. The van der Waals surface area contributed by atoms with Crippen LogP contribution in [-0.2, 0) is 0 Å². The minimum absolute atomic E-state index is 0.0145. The van der Waals surface area contributed by atoms with Gasteiger partial charge >= 0.3 is 6.18 Å². The molecule has 1 aromatic heterocycles. The van der Waals surface area contributed by atoms with E-state index < -0.39 is 24.2 Å². The monoisotopic (exact) mass is 444 g/mol. The number of nitrogens with zero attached hydrogens (tertiary/aromatic N) is 2. The fraction of sp³-hybridized carbons (Fsp3) is 0.444. The summed E-state index contributed by atoms with van der Waals surface area (Å²) in [5.41, 5.74) is 0.730. The number of anilines is 1. The van der Waals surface area contributed by atoms with Gasteiger partial charge in [0.1, 0.15) is 5.82 Å². The third-order valence-corrected chi connectivity index (χ3v) is 5.04. The van der Waals surface area contributed by atoms with E-state index in [4.69, 9.17) is 0 Å². The summed E-state index contributed by atoms with van der Waals surface area (Å²) in [5.74, 6) is -0.273. The van der Waals surface area contributed by atoms with Crippen molar-refractivity contribution in [3.63, 3.8) is 0 Å². The van der Waals surface area contributed by atoms with Gasteiger partial charge < -0.3 is 10.6 Å². The topological polar surface area (TPSA) is 59.0 Å². The SMILES string of the molecule is CCCCNC(=O)c1cc2n(n1)[C@H](C(F)(F)F)C[C@H](c1ccc(Br)cc1)N2. The van der Waals surface area contributed by atoms with Gasteiger partial charge in [0, 0.05) is 23.5 Å². The Labute approximate surface area is 163 Å². The number of hydrogen-bond acceptors (Lipinski definition) is 3. The maximum Gasteiger partial charge on any atom is 0.410 e. The highest BCUT2D eigenvalue weighted by atomic mass is 79.9. The van der Waals surface area contributed by atoms with Crippen molar-refractivity contribution in [2.75, 3.05) is 11.9 Å². The van der Waals surface area contributed by atoms with Gasteiger partial charge in [-0.05, 0) is 24.1 Å². The summed E-state index contributed by atoms with van der Waals surface area (Å²) in [5, 5.41) is 9.70. The average Bonchev–Trinajstić information content (AvgIpc) is 3.05. The Morgan fingerprint density at radius 3 is 2.70 bits per heavy atom. The highest BCUT2D eigenvalue weighted by Crippen LogP contribution is 2.43. The summed E-state index contributed by atoms with van der Waals surface area (Å²) in [7, 11) is 0. The molecule has 0 saturated heterocycles. The molecule has 0 aliphatic carbocycles. The van der Waals surface area contributed by atoms with Crippen LogP contribution in [0.5, 0.6) is 0 Å². The number of amides is 1. The van der Waals surface area contributed by atoms with Crippen molar-refractivity contribution in [1.82, 2.24) is 15.1 Å². The molecule has 27 heavy (non-hydrogen) atoms. The van der Waals surface area contributed by atoms with Crippen molar-refractivity contribution in [1.29, 1.82) is 0 Å². The second-order valence-corrected chi connectivity index (χ2v) is 7.43. The van der Waals surface area contributed by atoms with Gasteiger partial charge in [0.05, 0.1) is 6.04 Å². The molecule has 0 radical (unpaired) electrons. The van der Waals surface area contributed by atoms with Crippen molar-refractivity contribution < 1.29 is 18.0 Å². The number of halogens is 4. The predicted molar refractivity (Wildman–Crippen MR) is 99.7 cm³/mol. The maximum absolute atomic E-state index is 13.6. The Hall–Kier alpha value is -2.03. The lowest BCUT2D eigenvalue weighted by Crippen LogP contribution is -2.35. The Morgan fingerprint density at radius 2 is 2.07 bits per heavy atom. The average molecular weight is 445 g/mol. The molecule has 2 aromatic rings. The van der Waals surface area contributed by atoms with Gasteiger partial charge in [-0.1, -0.05) is 41.4 Å². The fourth-order valence-electron chi connectivity index (χ4n) is 3.07. The third-order valence-electron chi connectivity index (χ3n) is 4.51. The highest BCUT2D eigenvalue weighted by molar-refractivity contribution is 9.10. The normalized spacial score (nSPS) is 19.3. The van der Waals surface area contributed by atoms with E-state index in [-0.39, 0.29) is 17.9 Å². The molecule has 0 saturated carbocycles. The van der Waals surface area contributed by atoms with Crippen molar-refractivity contribution in [2.45, 2.75) is 44.4 Å². The summed E-state index contributed by atoms with van der Waals surface area (Å²) in [6.07, 6.45) is -2.95. The van der Waals surface area contributed by atoms with Crippen LogP contribution in [0.4, 0.5) is 19.0 Å². The van der Waals surface area contributed by atoms with E-state index in [0.717, 1.165) is 27.6 Å². The van der Waals surface area contributed by atoms with E-state index in [1.165, 1.54) is 6.07 Å². The quantitative estimate of drug-likeness (QED) is 0.648. The molecule has 0 bridgehead atoms. The van der Waals surface area contributed by atoms with Crippen LogP contribution < -0.4 is 10.6 Å². The second-order valence-electron chi connectivity index (χ2n) is 6.51. The van der Waals surface area contributed by atoms with Crippen LogP contribution in [0.2, 0.25) is 0 Å². The third kappa shape index (κ3) is 4.45. The first kappa shape index (κ1) is 19.7. The van der Waals surface area contributed by atoms with Crippen LogP contribution >= 0.6 is 15.9 Å². The Balaban J connectivity index is 1.88. The van der Waals surface area contributed by atoms with Crippen molar-refractivity contribution in [3.8, 4) is 0 Å². The van der Waals surface area contributed by atoms with Crippen molar-refractivity contribution in [3.05, 3.63) is 46.1 Å². The fourth-order valence-corrected chi connectivity index (χ4v) is 3.33. The number of rotatable bonds is 5. The van der Waals surface area contributed by atoms with Crippen molar-refractivity contribution >= 4 is 27.7 Å². The zero-order valence-corrected chi connectivity index (χ0v) is 16.3. The number of benzene rings is 1. The summed E-state index contributed by atoms with van der Waals surface area (Å²) in [4.78, 5) is 12.2. The molecule has 1 aliphatic rings. The molecule has 1 aromatic carbocycles. The number of fused-ring (bicyclic) bond motifs is 1. The molecule has 2 N–H and O–H groups in total. The molecule has 0 spiro atoms. The number of aromatic nitrogens is 2. The molecule has 2 heterocycles. The summed E-state index contributed by atoms with van der Waals surface area (Å²) in [6.45, 7) is 2.46. The Bertz CT molecular complexity index is 804. The molecular formula is C18H20BrF3N4O. The molecular weight excluding hydrogens is 425 g/mol. The minimum Gasteiger partial charge on any atom is -0.363 e. The van der Waals surface area contributed by atoms with Crippen LogP contribution in [0, 0.1) is 0 Å². The van der Waals surface area contributed by atoms with E-state index in [1.54, 1.807) is 24.3 Å². The summed E-state index contributed by atoms with van der Waals surface area (Å²) >= 11 is 3.32. The van der Waals surface area contributed by atoms with Crippen LogP contribution in [0.3, 0.4) is 0 Å². The van der Waals surface area contributed by atoms with E-state index in [2.05, 4.69) is 31.7 Å². The molecule has 5 nitrogen and oxygen atoms in total. The van der Waals surface area contributed by atoms with E-state index in [9.17, 15) is 18.0 Å². The van der Waals surface area contributed by atoms with E-state index in [1.807, 2.05) is 6.92 Å². The molecule has 2 atom stereocenters. The predicted octanol–water partition coefficient (Wildman–Crippen LogP) is 4.84. The van der Waals surface area contributed by atoms with E-state index >= 15 is 0 Å². The Kier molecular flexibility index (Phi) is 5.78. The van der Waals surface area contributed by atoms with Gasteiger partial charge in [-0.3, -0.25) is 4.79 Å². The molecule has 1 amide bonds. The zero-order valence-electron chi connectivity index (χ0n) is 14.7. The van der Waals surface area contributed by atoms with Crippen LogP contribution in [0.25, 0.3) is 0 Å². The zero-order chi connectivity index (χ0) is 19.6. The van der Waals surface area contributed by atoms with Gasteiger partial charge in [-0.15, -0.1) is 0 Å². The number of hydrogen-bond donors (Lipinski definition) is 2. The number of carbonyl (C=O) groups excluding carboxylic acids is 1. The smallest absolute Gasteiger partial charge is 0.363 e. The minimum atomic E-state index is -4.47. The molecule has 146 valence electrons. The first-order chi connectivity index (χ1) is 12.8. The summed E-state index contributed by atoms with van der Waals surface area (Å²) < 4.78 is 42.6. The molecule has 3 rings (SSSR count).